The summed E-state index contributed by atoms with van der Waals surface area (Å²) in [6.45, 7) is 11.5. The molecule has 0 aliphatic carbocycles. The highest BCUT2D eigenvalue weighted by Crippen LogP contribution is 2.25. The molecule has 0 spiro atoms. The van der Waals surface area contributed by atoms with Gasteiger partial charge in [0.2, 0.25) is 0 Å². The van der Waals surface area contributed by atoms with Gasteiger partial charge in [-0.05, 0) is 39.8 Å². The van der Waals surface area contributed by atoms with Crippen LogP contribution in [0.15, 0.2) is 47.6 Å². The van der Waals surface area contributed by atoms with Crippen LogP contribution >= 0.6 is 0 Å². The molecule has 0 aliphatic heterocycles. The third-order valence-electron chi connectivity index (χ3n) is 2.50. The van der Waals surface area contributed by atoms with Gasteiger partial charge in [-0.3, -0.25) is 4.90 Å². The topological polar surface area (TPSA) is 42.7 Å². The van der Waals surface area contributed by atoms with Crippen LogP contribution in [-0.2, 0) is 4.74 Å². The van der Waals surface area contributed by atoms with Crippen LogP contribution in [0.5, 0.6) is 0 Å². The lowest BCUT2D eigenvalue weighted by atomic mass is 10.1. The average molecular weight is 277 g/mol. The van der Waals surface area contributed by atoms with E-state index in [2.05, 4.69) is 6.58 Å². The summed E-state index contributed by atoms with van der Waals surface area (Å²) in [5.74, 6) is 0.691. The van der Waals surface area contributed by atoms with Crippen LogP contribution in [0.4, 0.5) is 4.79 Å². The molecule has 1 aromatic heterocycles. The molecule has 0 radical (unpaired) electrons. The van der Waals surface area contributed by atoms with E-state index < -0.39 is 11.7 Å². The predicted molar refractivity (Wildman–Crippen MR) is 79.4 cm³/mol. The molecule has 0 saturated carbocycles. The Bertz CT molecular complexity index is 455. The van der Waals surface area contributed by atoms with E-state index in [1.807, 2.05) is 45.9 Å². The van der Waals surface area contributed by atoms with Crippen molar-refractivity contribution in [3.05, 3.63) is 49.0 Å². The molecule has 1 aromatic rings. The minimum absolute atomic E-state index is 0.303. The highest BCUT2D eigenvalue weighted by Gasteiger charge is 2.28. The molecule has 110 valence electrons. The third-order valence-corrected chi connectivity index (χ3v) is 2.50. The number of carbonyl (C=O) groups excluding carboxylic acids is 1. The van der Waals surface area contributed by atoms with Gasteiger partial charge in [0.05, 0.1) is 6.26 Å². The van der Waals surface area contributed by atoms with Crippen LogP contribution in [0.1, 0.15) is 39.5 Å². The summed E-state index contributed by atoms with van der Waals surface area (Å²) in [6, 6.07) is 3.33. The summed E-state index contributed by atoms with van der Waals surface area (Å²) < 4.78 is 10.9. The Labute approximate surface area is 120 Å². The number of allylic oxidation sites excluding steroid dienone is 1. The first-order valence-electron chi connectivity index (χ1n) is 6.65. The minimum atomic E-state index is -0.542. The van der Waals surface area contributed by atoms with Crippen LogP contribution in [0.3, 0.4) is 0 Å². The molecule has 0 saturated heterocycles. The van der Waals surface area contributed by atoms with E-state index >= 15 is 0 Å². The van der Waals surface area contributed by atoms with Crippen LogP contribution in [0.25, 0.3) is 0 Å². The molecule has 0 unspecified atom stereocenters. The Morgan fingerprint density at radius 1 is 1.55 bits per heavy atom. The van der Waals surface area contributed by atoms with Gasteiger partial charge in [0.25, 0.3) is 0 Å². The van der Waals surface area contributed by atoms with Crippen molar-refractivity contribution < 1.29 is 13.9 Å². The number of carbonyl (C=O) groups is 1. The lowest BCUT2D eigenvalue weighted by molar-refractivity contribution is 0.0207. The van der Waals surface area contributed by atoms with Gasteiger partial charge in [-0.15, -0.1) is 6.58 Å². The fourth-order valence-corrected chi connectivity index (χ4v) is 1.76. The van der Waals surface area contributed by atoms with E-state index in [1.54, 1.807) is 23.3 Å². The van der Waals surface area contributed by atoms with Crippen molar-refractivity contribution >= 4 is 6.09 Å². The Morgan fingerprint density at radius 3 is 2.70 bits per heavy atom. The first-order valence-corrected chi connectivity index (χ1v) is 6.65. The molecule has 1 amide bonds. The lowest BCUT2D eigenvalue weighted by Gasteiger charge is -2.30. The van der Waals surface area contributed by atoms with Gasteiger partial charge in [0.15, 0.2) is 0 Å². The van der Waals surface area contributed by atoms with Crippen molar-refractivity contribution in [2.75, 3.05) is 6.54 Å². The van der Waals surface area contributed by atoms with Crippen molar-refractivity contribution in [3.8, 4) is 0 Å². The lowest BCUT2D eigenvalue weighted by Crippen LogP contribution is -2.38. The number of furan rings is 1. The largest absolute Gasteiger partial charge is 0.467 e. The number of amides is 1. The summed E-state index contributed by atoms with van der Waals surface area (Å²) in [4.78, 5) is 13.9. The van der Waals surface area contributed by atoms with Crippen molar-refractivity contribution in [1.82, 2.24) is 4.90 Å². The Balaban J connectivity index is 3.02. The molecule has 1 heterocycles. The summed E-state index contributed by atoms with van der Waals surface area (Å²) in [5, 5.41) is 0. The monoisotopic (exact) mass is 277 g/mol. The van der Waals surface area contributed by atoms with Crippen molar-refractivity contribution in [2.45, 2.75) is 39.3 Å². The van der Waals surface area contributed by atoms with Gasteiger partial charge in [0, 0.05) is 6.54 Å². The Morgan fingerprint density at radius 2 is 2.25 bits per heavy atom. The first-order chi connectivity index (χ1) is 9.39. The minimum Gasteiger partial charge on any atom is -0.467 e. The van der Waals surface area contributed by atoms with Crippen LogP contribution < -0.4 is 0 Å². The molecule has 0 fully saturated rings. The average Bonchev–Trinajstić information content (AvgIpc) is 2.85. The van der Waals surface area contributed by atoms with Gasteiger partial charge in [-0.25, -0.2) is 4.79 Å². The maximum atomic E-state index is 12.3. The summed E-state index contributed by atoms with van der Waals surface area (Å²) in [6.07, 6.45) is 6.65. The number of rotatable bonds is 5. The van der Waals surface area contributed by atoms with E-state index in [-0.39, 0.29) is 6.04 Å². The van der Waals surface area contributed by atoms with Crippen LogP contribution in [0, 0.1) is 0 Å². The maximum absolute atomic E-state index is 12.3. The van der Waals surface area contributed by atoms with E-state index in [0.29, 0.717) is 12.3 Å². The van der Waals surface area contributed by atoms with Gasteiger partial charge in [0.1, 0.15) is 17.4 Å². The Kier molecular flexibility index (Phi) is 5.62. The van der Waals surface area contributed by atoms with Gasteiger partial charge in [-0.2, -0.15) is 0 Å². The third kappa shape index (κ3) is 4.61. The van der Waals surface area contributed by atoms with Crippen molar-refractivity contribution in [1.29, 1.82) is 0 Å². The highest BCUT2D eigenvalue weighted by atomic mass is 16.6. The highest BCUT2D eigenvalue weighted by molar-refractivity contribution is 5.69. The molecule has 20 heavy (non-hydrogen) atoms. The SMILES string of the molecule is C=CCN(C(=O)OC(C)(C)C)[C@@H](/C=C\C)c1ccco1. The maximum Gasteiger partial charge on any atom is 0.411 e. The van der Waals surface area contributed by atoms with E-state index in [4.69, 9.17) is 9.15 Å². The fourth-order valence-electron chi connectivity index (χ4n) is 1.76. The van der Waals surface area contributed by atoms with Crippen LogP contribution in [-0.4, -0.2) is 23.1 Å². The van der Waals surface area contributed by atoms with Crippen LogP contribution in [0.2, 0.25) is 0 Å². The summed E-state index contributed by atoms with van der Waals surface area (Å²) in [7, 11) is 0. The fraction of sp³-hybridized carbons (Fsp3) is 0.438. The standard InChI is InChI=1S/C16H23NO3/c1-6-9-13(14-10-8-12-19-14)17(11-7-2)15(18)20-16(3,4)5/h6-10,12-13H,2,11H2,1,3-5H3/b9-6-/t13-/m0/s1. The zero-order valence-electron chi connectivity index (χ0n) is 12.6. The summed E-state index contributed by atoms with van der Waals surface area (Å²) >= 11 is 0. The summed E-state index contributed by atoms with van der Waals surface area (Å²) in [5.41, 5.74) is -0.542. The number of hydrogen-bond donors (Lipinski definition) is 0. The molecule has 1 atom stereocenters. The van der Waals surface area contributed by atoms with Gasteiger partial charge in [-0.1, -0.05) is 18.2 Å². The molecule has 4 nitrogen and oxygen atoms in total. The van der Waals surface area contributed by atoms with Crippen molar-refractivity contribution in [3.63, 3.8) is 0 Å². The molecule has 0 aromatic carbocycles. The van der Waals surface area contributed by atoms with E-state index in [9.17, 15) is 4.79 Å². The second-order valence-corrected chi connectivity index (χ2v) is 5.41. The molecular formula is C16H23NO3. The molecule has 0 N–H and O–H groups in total. The second-order valence-electron chi connectivity index (χ2n) is 5.41. The molecule has 0 bridgehead atoms. The molecule has 4 heteroatoms. The first kappa shape index (κ1) is 16.1. The van der Waals surface area contributed by atoms with Gasteiger partial charge >= 0.3 is 6.09 Å². The normalized spacial score (nSPS) is 13.2. The molecule has 0 aliphatic rings. The van der Waals surface area contributed by atoms with Crippen molar-refractivity contribution in [2.24, 2.45) is 0 Å². The number of ether oxygens (including phenoxy) is 1. The zero-order chi connectivity index (χ0) is 15.2. The van der Waals surface area contributed by atoms with Gasteiger partial charge < -0.3 is 9.15 Å². The smallest absolute Gasteiger partial charge is 0.411 e. The quantitative estimate of drug-likeness (QED) is 0.753. The predicted octanol–water partition coefficient (Wildman–Crippen LogP) is 4.32. The molecule has 1 rings (SSSR count). The number of hydrogen-bond acceptors (Lipinski definition) is 3. The Hall–Kier alpha value is -1.97. The van der Waals surface area contributed by atoms with E-state index in [1.165, 1.54) is 0 Å². The number of nitrogens with zero attached hydrogens (tertiary/aromatic N) is 1. The second kappa shape index (κ2) is 6.98. The molecular weight excluding hydrogens is 254 g/mol. The zero-order valence-corrected chi connectivity index (χ0v) is 12.6. The van der Waals surface area contributed by atoms with E-state index in [0.717, 1.165) is 0 Å².